The van der Waals surface area contributed by atoms with Gasteiger partial charge in [-0.05, 0) is 11.6 Å². The highest BCUT2D eigenvalue weighted by Gasteiger charge is 2.53. The molecule has 1 saturated heterocycles. The number of halogens is 3. The number of nitrogens with zero attached hydrogens (tertiary/aromatic N) is 2. The maximum atomic E-state index is 13.1. The van der Waals surface area contributed by atoms with Gasteiger partial charge in [-0.3, -0.25) is 14.6 Å². The number of hydrogen-bond acceptors (Lipinski definition) is 3. The Balaban J connectivity index is 1.85. The summed E-state index contributed by atoms with van der Waals surface area (Å²) in [5, 5.41) is 9.06. The Morgan fingerprint density at radius 2 is 1.77 bits per heavy atom. The van der Waals surface area contributed by atoms with Gasteiger partial charge in [0.15, 0.2) is 0 Å². The Hall–Kier alpha value is -2.90. The smallest absolute Gasteiger partial charge is 0.394 e. The number of carbonyl (C=O) groups excluding carboxylic acids is 1. The number of amides is 1. The van der Waals surface area contributed by atoms with Crippen LogP contribution >= 0.6 is 0 Å². The van der Waals surface area contributed by atoms with Gasteiger partial charge in [0.2, 0.25) is 0 Å². The van der Waals surface area contributed by atoms with Crippen molar-refractivity contribution in [3.8, 4) is 11.1 Å². The Morgan fingerprint density at radius 3 is 2.35 bits per heavy atom. The lowest BCUT2D eigenvalue weighted by Crippen LogP contribution is -2.34. The number of carboxylic acids is 1. The van der Waals surface area contributed by atoms with Gasteiger partial charge < -0.3 is 10.0 Å². The normalized spacial score (nSPS) is 20.2. The molecule has 1 fully saturated rings. The van der Waals surface area contributed by atoms with Gasteiger partial charge in [-0.1, -0.05) is 30.3 Å². The molecular weight excluding hydrogens is 349 g/mol. The summed E-state index contributed by atoms with van der Waals surface area (Å²) in [6.07, 6.45) is -1.86. The van der Waals surface area contributed by atoms with E-state index in [9.17, 15) is 22.8 Å². The largest absolute Gasteiger partial charge is 0.481 e. The first-order valence-electron chi connectivity index (χ1n) is 7.86. The van der Waals surface area contributed by atoms with Gasteiger partial charge in [0, 0.05) is 31.0 Å². The first kappa shape index (κ1) is 17.9. The summed E-state index contributed by atoms with van der Waals surface area (Å²) in [4.78, 5) is 28.7. The highest BCUT2D eigenvalue weighted by atomic mass is 19.4. The van der Waals surface area contributed by atoms with E-state index in [0.29, 0.717) is 5.56 Å². The molecule has 0 bridgehead atoms. The van der Waals surface area contributed by atoms with E-state index >= 15 is 0 Å². The van der Waals surface area contributed by atoms with E-state index in [1.54, 1.807) is 12.3 Å². The molecule has 1 aromatic heterocycles. The van der Waals surface area contributed by atoms with Crippen molar-refractivity contribution in [1.82, 2.24) is 9.88 Å². The molecule has 1 amide bonds. The maximum Gasteiger partial charge on any atom is 0.394 e. The standard InChI is InChI=1S/C18H15F3N2O3/c19-18(20,21)15-10-23(9-14(15)17(25)26)16(24)13-6-12(7-22-8-13)11-4-2-1-3-5-11/h1-8,14-15H,9-10H2,(H,25,26)/t14-,15-/m1/s1. The van der Waals surface area contributed by atoms with E-state index < -0.39 is 43.0 Å². The van der Waals surface area contributed by atoms with E-state index in [4.69, 9.17) is 5.11 Å². The number of hydrogen-bond donors (Lipinski definition) is 1. The number of alkyl halides is 3. The first-order valence-corrected chi connectivity index (χ1v) is 7.86. The number of carbonyl (C=O) groups is 2. The average molecular weight is 364 g/mol. The maximum absolute atomic E-state index is 13.1. The minimum atomic E-state index is -4.68. The van der Waals surface area contributed by atoms with Gasteiger partial charge in [0.1, 0.15) is 0 Å². The number of aromatic nitrogens is 1. The second-order valence-corrected chi connectivity index (χ2v) is 6.13. The van der Waals surface area contributed by atoms with E-state index in [-0.39, 0.29) is 5.56 Å². The molecule has 1 aliphatic heterocycles. The highest BCUT2D eigenvalue weighted by molar-refractivity contribution is 5.95. The number of pyridine rings is 1. The number of likely N-dealkylation sites (tertiary alicyclic amines) is 1. The van der Waals surface area contributed by atoms with Crippen LogP contribution in [0.15, 0.2) is 48.8 Å². The van der Waals surface area contributed by atoms with Gasteiger partial charge in [0.05, 0.1) is 17.4 Å². The fraction of sp³-hybridized carbons (Fsp3) is 0.278. The molecule has 26 heavy (non-hydrogen) atoms. The van der Waals surface area contributed by atoms with Crippen LogP contribution in [-0.4, -0.2) is 46.1 Å². The quantitative estimate of drug-likeness (QED) is 0.909. The van der Waals surface area contributed by atoms with Crippen LogP contribution < -0.4 is 0 Å². The zero-order chi connectivity index (χ0) is 18.9. The van der Waals surface area contributed by atoms with E-state index in [2.05, 4.69) is 4.98 Å². The Bertz CT molecular complexity index is 824. The van der Waals surface area contributed by atoms with Crippen LogP contribution in [0.1, 0.15) is 10.4 Å². The molecule has 0 unspecified atom stereocenters. The fourth-order valence-corrected chi connectivity index (χ4v) is 3.08. The molecule has 0 saturated carbocycles. The number of benzene rings is 1. The molecular formula is C18H15F3N2O3. The van der Waals surface area contributed by atoms with Crippen molar-refractivity contribution in [2.45, 2.75) is 6.18 Å². The Kier molecular flexibility index (Phi) is 4.67. The lowest BCUT2D eigenvalue weighted by molar-refractivity contribution is -0.187. The molecule has 0 aliphatic carbocycles. The molecule has 2 aromatic rings. The average Bonchev–Trinajstić information content (AvgIpc) is 3.08. The molecule has 1 aliphatic rings. The third kappa shape index (κ3) is 3.54. The van der Waals surface area contributed by atoms with E-state index in [0.717, 1.165) is 10.5 Å². The number of carboxylic acid groups (broad SMARTS) is 1. The summed E-state index contributed by atoms with van der Waals surface area (Å²) in [7, 11) is 0. The molecule has 8 heteroatoms. The topological polar surface area (TPSA) is 70.5 Å². The van der Waals surface area contributed by atoms with Gasteiger partial charge >= 0.3 is 12.1 Å². The van der Waals surface area contributed by atoms with Crippen LogP contribution in [0.2, 0.25) is 0 Å². The van der Waals surface area contributed by atoms with Crippen molar-refractivity contribution in [2.75, 3.05) is 13.1 Å². The van der Waals surface area contributed by atoms with Crippen LogP contribution in [0.25, 0.3) is 11.1 Å². The molecule has 0 spiro atoms. The van der Waals surface area contributed by atoms with Crippen molar-refractivity contribution in [1.29, 1.82) is 0 Å². The third-order valence-corrected chi connectivity index (χ3v) is 4.44. The van der Waals surface area contributed by atoms with Gasteiger partial charge in [-0.2, -0.15) is 13.2 Å². The molecule has 2 atom stereocenters. The lowest BCUT2D eigenvalue weighted by Gasteiger charge is -2.18. The Labute approximate surface area is 147 Å². The molecule has 1 aromatic carbocycles. The first-order chi connectivity index (χ1) is 12.3. The SMILES string of the molecule is O=C(O)[C@@H]1CN(C(=O)c2cncc(-c3ccccc3)c2)C[C@H]1C(F)(F)F. The van der Waals surface area contributed by atoms with Crippen molar-refractivity contribution in [3.05, 3.63) is 54.4 Å². The summed E-state index contributed by atoms with van der Waals surface area (Å²) in [5.41, 5.74) is 1.59. The molecule has 1 N–H and O–H groups in total. The number of rotatable bonds is 3. The summed E-state index contributed by atoms with van der Waals surface area (Å²) in [6, 6.07) is 10.6. The highest BCUT2D eigenvalue weighted by Crippen LogP contribution is 2.38. The second kappa shape index (κ2) is 6.78. The zero-order valence-electron chi connectivity index (χ0n) is 13.5. The second-order valence-electron chi connectivity index (χ2n) is 6.13. The molecule has 136 valence electrons. The zero-order valence-corrected chi connectivity index (χ0v) is 13.5. The fourth-order valence-electron chi connectivity index (χ4n) is 3.08. The van der Waals surface area contributed by atoms with Crippen molar-refractivity contribution >= 4 is 11.9 Å². The lowest BCUT2D eigenvalue weighted by atomic mass is 9.96. The van der Waals surface area contributed by atoms with Crippen molar-refractivity contribution < 1.29 is 27.9 Å². The van der Waals surface area contributed by atoms with E-state index in [1.165, 1.54) is 6.20 Å². The minimum absolute atomic E-state index is 0.123. The molecule has 0 radical (unpaired) electrons. The molecule has 5 nitrogen and oxygen atoms in total. The molecule has 2 heterocycles. The molecule has 3 rings (SSSR count). The predicted molar refractivity (Wildman–Crippen MR) is 86.2 cm³/mol. The van der Waals surface area contributed by atoms with Gasteiger partial charge in [-0.25, -0.2) is 0 Å². The monoisotopic (exact) mass is 364 g/mol. The van der Waals surface area contributed by atoms with Crippen LogP contribution in [0.5, 0.6) is 0 Å². The summed E-state index contributed by atoms with van der Waals surface area (Å²) in [5.74, 6) is -5.95. The van der Waals surface area contributed by atoms with Crippen molar-refractivity contribution in [2.24, 2.45) is 11.8 Å². The summed E-state index contributed by atoms with van der Waals surface area (Å²) >= 11 is 0. The van der Waals surface area contributed by atoms with Gasteiger partial charge in [-0.15, -0.1) is 0 Å². The third-order valence-electron chi connectivity index (χ3n) is 4.44. The summed E-state index contributed by atoms with van der Waals surface area (Å²) < 4.78 is 39.2. The predicted octanol–water partition coefficient (Wildman–Crippen LogP) is 3.08. The van der Waals surface area contributed by atoms with Crippen LogP contribution in [0.3, 0.4) is 0 Å². The van der Waals surface area contributed by atoms with Crippen LogP contribution in [-0.2, 0) is 4.79 Å². The summed E-state index contributed by atoms with van der Waals surface area (Å²) in [6.45, 7) is -1.15. The Morgan fingerprint density at radius 1 is 1.08 bits per heavy atom. The van der Waals surface area contributed by atoms with E-state index in [1.807, 2.05) is 30.3 Å². The van der Waals surface area contributed by atoms with Crippen molar-refractivity contribution in [3.63, 3.8) is 0 Å². The van der Waals surface area contributed by atoms with Gasteiger partial charge in [0.25, 0.3) is 5.91 Å². The number of aliphatic carboxylic acids is 1. The van der Waals surface area contributed by atoms with Crippen LogP contribution in [0, 0.1) is 11.8 Å². The van der Waals surface area contributed by atoms with Crippen LogP contribution in [0.4, 0.5) is 13.2 Å². The minimum Gasteiger partial charge on any atom is -0.481 e.